The number of amides is 1. The summed E-state index contributed by atoms with van der Waals surface area (Å²) in [5.74, 6) is -0.981. The number of rotatable bonds is 3. The number of carbonyl (C=O) groups is 2. The van der Waals surface area contributed by atoms with E-state index >= 15 is 0 Å². The average Bonchev–Trinajstić information content (AvgIpc) is 2.79. The molecule has 5 heteroatoms. The molecule has 2 rings (SSSR count). The molecule has 1 amide bonds. The quantitative estimate of drug-likeness (QED) is 0.812. The predicted molar refractivity (Wildman–Crippen MR) is 66.4 cm³/mol. The third-order valence-corrected chi connectivity index (χ3v) is 3.58. The van der Waals surface area contributed by atoms with E-state index in [0.29, 0.717) is 5.00 Å². The lowest BCUT2D eigenvalue weighted by molar-refractivity contribution is -0.120. The molecule has 0 radical (unpaired) electrons. The van der Waals surface area contributed by atoms with Crippen LogP contribution in [0.5, 0.6) is 0 Å². The van der Waals surface area contributed by atoms with Gasteiger partial charge in [-0.05, 0) is 25.3 Å². The van der Waals surface area contributed by atoms with Gasteiger partial charge >= 0.3 is 5.97 Å². The van der Waals surface area contributed by atoms with Crippen molar-refractivity contribution in [2.24, 2.45) is 5.92 Å². The van der Waals surface area contributed by atoms with Crippen LogP contribution in [0.1, 0.15) is 29.6 Å². The Morgan fingerprint density at radius 3 is 2.82 bits per heavy atom. The lowest BCUT2D eigenvalue weighted by atomic mass is 9.94. The van der Waals surface area contributed by atoms with E-state index in [1.165, 1.54) is 22.8 Å². The van der Waals surface area contributed by atoms with Gasteiger partial charge in [0.2, 0.25) is 5.91 Å². The predicted octanol–water partition coefficient (Wildman–Crippen LogP) is 2.74. The van der Waals surface area contributed by atoms with Gasteiger partial charge in [0, 0.05) is 11.3 Å². The lowest BCUT2D eigenvalue weighted by Crippen LogP contribution is -2.22. The van der Waals surface area contributed by atoms with Crippen LogP contribution in [-0.4, -0.2) is 17.0 Å². The number of anilines is 1. The molecule has 0 bridgehead atoms. The Morgan fingerprint density at radius 1 is 1.41 bits per heavy atom. The SMILES string of the molecule is O=C(O)c1csc(NC(=O)C2CC=CCC2)c1. The van der Waals surface area contributed by atoms with Crippen LogP contribution in [-0.2, 0) is 4.79 Å². The van der Waals surface area contributed by atoms with Crippen LogP contribution in [0.3, 0.4) is 0 Å². The number of carbonyl (C=O) groups excluding carboxylic acids is 1. The van der Waals surface area contributed by atoms with Crippen molar-refractivity contribution in [2.45, 2.75) is 19.3 Å². The summed E-state index contributed by atoms with van der Waals surface area (Å²) in [7, 11) is 0. The zero-order valence-electron chi connectivity index (χ0n) is 9.18. The molecular weight excluding hydrogens is 238 g/mol. The van der Waals surface area contributed by atoms with Crippen molar-refractivity contribution < 1.29 is 14.7 Å². The first-order valence-electron chi connectivity index (χ1n) is 5.44. The molecule has 1 atom stereocenters. The molecule has 1 aliphatic carbocycles. The highest BCUT2D eigenvalue weighted by Crippen LogP contribution is 2.24. The fourth-order valence-corrected chi connectivity index (χ4v) is 2.55. The third kappa shape index (κ3) is 2.94. The molecule has 1 aromatic heterocycles. The molecular formula is C12H13NO3S. The van der Waals surface area contributed by atoms with E-state index in [1.54, 1.807) is 0 Å². The highest BCUT2D eigenvalue weighted by molar-refractivity contribution is 7.14. The van der Waals surface area contributed by atoms with Crippen LogP contribution in [0.4, 0.5) is 5.00 Å². The zero-order valence-corrected chi connectivity index (χ0v) is 10.00. The summed E-state index contributed by atoms with van der Waals surface area (Å²) in [6.45, 7) is 0. The summed E-state index contributed by atoms with van der Waals surface area (Å²) in [5, 5.41) is 13.7. The Morgan fingerprint density at radius 2 is 2.24 bits per heavy atom. The second kappa shape index (κ2) is 5.14. The fraction of sp³-hybridized carbons (Fsp3) is 0.333. The van der Waals surface area contributed by atoms with Crippen LogP contribution >= 0.6 is 11.3 Å². The molecule has 1 heterocycles. The van der Waals surface area contributed by atoms with Gasteiger partial charge in [0.15, 0.2) is 0 Å². The van der Waals surface area contributed by atoms with Gasteiger partial charge in [0.1, 0.15) is 0 Å². The Bertz CT molecular complexity index is 464. The topological polar surface area (TPSA) is 66.4 Å². The Balaban J connectivity index is 1.97. The maximum absolute atomic E-state index is 11.9. The highest BCUT2D eigenvalue weighted by Gasteiger charge is 2.19. The molecule has 2 N–H and O–H groups in total. The molecule has 0 aliphatic heterocycles. The maximum atomic E-state index is 11.9. The van der Waals surface area contributed by atoms with E-state index < -0.39 is 5.97 Å². The molecule has 0 spiro atoms. The fourth-order valence-electron chi connectivity index (χ4n) is 1.77. The van der Waals surface area contributed by atoms with Gasteiger partial charge in [-0.3, -0.25) is 4.79 Å². The number of nitrogens with one attached hydrogen (secondary N) is 1. The Labute approximate surface area is 103 Å². The summed E-state index contributed by atoms with van der Waals surface area (Å²) >= 11 is 1.24. The van der Waals surface area contributed by atoms with Gasteiger partial charge in [0.05, 0.1) is 10.6 Å². The molecule has 1 unspecified atom stereocenters. The van der Waals surface area contributed by atoms with Crippen molar-refractivity contribution in [3.8, 4) is 0 Å². The standard InChI is InChI=1S/C12H13NO3S/c14-11(8-4-2-1-3-5-8)13-10-6-9(7-17-10)12(15)16/h1-2,6-8H,3-5H2,(H,13,14)(H,15,16). The summed E-state index contributed by atoms with van der Waals surface area (Å²) in [4.78, 5) is 22.5. The second-order valence-electron chi connectivity index (χ2n) is 3.98. The maximum Gasteiger partial charge on any atom is 0.336 e. The van der Waals surface area contributed by atoms with Gasteiger partial charge in [-0.2, -0.15) is 0 Å². The molecule has 0 fully saturated rings. The normalized spacial score (nSPS) is 18.9. The van der Waals surface area contributed by atoms with Crippen LogP contribution in [0.25, 0.3) is 0 Å². The number of aromatic carboxylic acids is 1. The van der Waals surface area contributed by atoms with E-state index in [4.69, 9.17) is 5.11 Å². The third-order valence-electron chi connectivity index (χ3n) is 2.73. The van der Waals surface area contributed by atoms with Gasteiger partial charge in [0.25, 0.3) is 0 Å². The summed E-state index contributed by atoms with van der Waals surface area (Å²) in [6.07, 6.45) is 6.66. The van der Waals surface area contributed by atoms with Crippen molar-refractivity contribution in [2.75, 3.05) is 5.32 Å². The smallest absolute Gasteiger partial charge is 0.336 e. The summed E-state index contributed by atoms with van der Waals surface area (Å²) < 4.78 is 0. The first-order valence-corrected chi connectivity index (χ1v) is 6.32. The number of hydrogen-bond acceptors (Lipinski definition) is 3. The zero-order chi connectivity index (χ0) is 12.3. The van der Waals surface area contributed by atoms with E-state index in [2.05, 4.69) is 11.4 Å². The number of thiophene rings is 1. The minimum Gasteiger partial charge on any atom is -0.478 e. The van der Waals surface area contributed by atoms with E-state index in [1.807, 2.05) is 6.08 Å². The molecule has 4 nitrogen and oxygen atoms in total. The Hall–Kier alpha value is -1.62. The Kier molecular flexibility index (Phi) is 3.58. The first-order chi connectivity index (χ1) is 8.16. The number of hydrogen-bond donors (Lipinski definition) is 2. The average molecular weight is 251 g/mol. The summed E-state index contributed by atoms with van der Waals surface area (Å²) in [6, 6.07) is 1.49. The highest BCUT2D eigenvalue weighted by atomic mass is 32.1. The molecule has 90 valence electrons. The number of allylic oxidation sites excluding steroid dienone is 2. The van der Waals surface area contributed by atoms with E-state index in [-0.39, 0.29) is 17.4 Å². The van der Waals surface area contributed by atoms with Gasteiger partial charge in [-0.15, -0.1) is 11.3 Å². The van der Waals surface area contributed by atoms with Crippen LogP contribution in [0.15, 0.2) is 23.6 Å². The lowest BCUT2D eigenvalue weighted by Gasteiger charge is -2.16. The minimum absolute atomic E-state index is 0.00961. The minimum atomic E-state index is -0.970. The first kappa shape index (κ1) is 11.9. The summed E-state index contributed by atoms with van der Waals surface area (Å²) in [5.41, 5.74) is 0.217. The second-order valence-corrected chi connectivity index (χ2v) is 4.89. The van der Waals surface area contributed by atoms with Crippen LogP contribution in [0, 0.1) is 5.92 Å². The van der Waals surface area contributed by atoms with Gasteiger partial charge in [-0.25, -0.2) is 4.79 Å². The number of carboxylic acid groups (broad SMARTS) is 1. The van der Waals surface area contributed by atoms with E-state index in [9.17, 15) is 9.59 Å². The van der Waals surface area contributed by atoms with Crippen molar-refractivity contribution in [1.82, 2.24) is 0 Å². The van der Waals surface area contributed by atoms with Gasteiger partial charge < -0.3 is 10.4 Å². The van der Waals surface area contributed by atoms with Crippen LogP contribution in [0.2, 0.25) is 0 Å². The van der Waals surface area contributed by atoms with Crippen molar-refractivity contribution in [3.63, 3.8) is 0 Å². The largest absolute Gasteiger partial charge is 0.478 e. The molecule has 0 saturated heterocycles. The molecule has 17 heavy (non-hydrogen) atoms. The molecule has 1 aromatic rings. The van der Waals surface area contributed by atoms with Crippen LogP contribution < -0.4 is 5.32 Å². The number of carboxylic acids is 1. The molecule has 0 saturated carbocycles. The van der Waals surface area contributed by atoms with Crippen molar-refractivity contribution in [1.29, 1.82) is 0 Å². The van der Waals surface area contributed by atoms with Crippen molar-refractivity contribution in [3.05, 3.63) is 29.2 Å². The van der Waals surface area contributed by atoms with Gasteiger partial charge in [-0.1, -0.05) is 12.2 Å². The molecule has 1 aliphatic rings. The monoisotopic (exact) mass is 251 g/mol. The van der Waals surface area contributed by atoms with Crippen molar-refractivity contribution >= 4 is 28.2 Å². The molecule has 0 aromatic carbocycles. The van der Waals surface area contributed by atoms with E-state index in [0.717, 1.165) is 19.3 Å².